The molecule has 4 heteroatoms. The van der Waals surface area contributed by atoms with Crippen LogP contribution in [-0.4, -0.2) is 21.5 Å². The lowest BCUT2D eigenvalue weighted by Gasteiger charge is -2.41. The molecule has 26 heavy (non-hydrogen) atoms. The first kappa shape index (κ1) is 17.0. The van der Waals surface area contributed by atoms with Crippen LogP contribution in [0.2, 0.25) is 0 Å². The highest BCUT2D eigenvalue weighted by atomic mass is 15.3. The molecule has 0 N–H and O–H groups in total. The number of benzene rings is 1. The van der Waals surface area contributed by atoms with Crippen LogP contribution in [0.15, 0.2) is 42.9 Å². The third-order valence-electron chi connectivity index (χ3n) is 5.38. The van der Waals surface area contributed by atoms with Gasteiger partial charge in [0.15, 0.2) is 0 Å². The average Bonchev–Trinajstić information content (AvgIpc) is 2.60. The van der Waals surface area contributed by atoms with E-state index in [1.54, 1.807) is 0 Å². The number of nitrogens with zero attached hydrogens (tertiary/aromatic N) is 4. The smallest absolute Gasteiger partial charge is 0.225 e. The lowest BCUT2D eigenvalue weighted by Crippen LogP contribution is -2.42. The molecule has 1 unspecified atom stereocenters. The van der Waals surface area contributed by atoms with E-state index < -0.39 is 0 Å². The molecule has 0 radical (unpaired) electrons. The molecule has 1 aromatic carbocycles. The maximum Gasteiger partial charge on any atom is 0.225 e. The number of hydrogen-bond donors (Lipinski definition) is 0. The summed E-state index contributed by atoms with van der Waals surface area (Å²) in [7, 11) is 0. The van der Waals surface area contributed by atoms with E-state index in [1.165, 1.54) is 22.1 Å². The van der Waals surface area contributed by atoms with E-state index in [1.807, 2.05) is 18.6 Å². The van der Waals surface area contributed by atoms with Crippen LogP contribution < -0.4 is 4.90 Å². The van der Waals surface area contributed by atoms with Gasteiger partial charge in [-0.25, -0.2) is 9.97 Å². The first-order valence-electron chi connectivity index (χ1n) is 9.51. The van der Waals surface area contributed by atoms with E-state index in [2.05, 4.69) is 71.8 Å². The van der Waals surface area contributed by atoms with Crippen molar-refractivity contribution in [3.8, 4) is 0 Å². The Morgan fingerprint density at radius 1 is 0.885 bits per heavy atom. The molecule has 1 aliphatic rings. The number of hydrogen-bond acceptors (Lipinski definition) is 4. The number of fused-ring (bicyclic) bond motifs is 1. The van der Waals surface area contributed by atoms with Gasteiger partial charge in [-0.05, 0) is 53.1 Å². The molecule has 4 nitrogen and oxygen atoms in total. The van der Waals surface area contributed by atoms with Crippen LogP contribution >= 0.6 is 0 Å². The molecule has 1 saturated heterocycles. The summed E-state index contributed by atoms with van der Waals surface area (Å²) in [5.41, 5.74) is 4.85. The van der Waals surface area contributed by atoms with Crippen molar-refractivity contribution < 1.29 is 0 Å². The van der Waals surface area contributed by atoms with Gasteiger partial charge in [0.05, 0.1) is 11.6 Å². The summed E-state index contributed by atoms with van der Waals surface area (Å²) in [5.74, 6) is 1.78. The number of pyridine rings is 1. The van der Waals surface area contributed by atoms with Gasteiger partial charge in [-0.2, -0.15) is 0 Å². The summed E-state index contributed by atoms with van der Waals surface area (Å²) in [4.78, 5) is 16.1. The van der Waals surface area contributed by atoms with Gasteiger partial charge in [-0.15, -0.1) is 0 Å². The van der Waals surface area contributed by atoms with Crippen molar-refractivity contribution in [1.82, 2.24) is 15.0 Å². The molecule has 3 aromatic rings. The molecule has 4 rings (SSSR count). The fourth-order valence-electron chi connectivity index (χ4n) is 3.44. The fraction of sp³-hybridized carbons (Fsp3) is 0.409. The minimum atomic E-state index is 0.354. The normalized spacial score (nSPS) is 17.2. The van der Waals surface area contributed by atoms with Crippen LogP contribution in [0.3, 0.4) is 0 Å². The predicted molar refractivity (Wildman–Crippen MR) is 107 cm³/mol. The van der Waals surface area contributed by atoms with Crippen molar-refractivity contribution in [3.05, 3.63) is 59.5 Å². The summed E-state index contributed by atoms with van der Waals surface area (Å²) in [6.45, 7) is 9.75. The zero-order chi connectivity index (χ0) is 18.3. The van der Waals surface area contributed by atoms with Crippen molar-refractivity contribution in [1.29, 1.82) is 0 Å². The molecule has 3 heterocycles. The lowest BCUT2D eigenvalue weighted by atomic mass is 9.93. The van der Waals surface area contributed by atoms with E-state index >= 15 is 0 Å². The highest BCUT2D eigenvalue weighted by molar-refractivity contribution is 5.80. The number of aromatic nitrogens is 3. The van der Waals surface area contributed by atoms with E-state index in [9.17, 15) is 0 Å². The zero-order valence-corrected chi connectivity index (χ0v) is 16.0. The Morgan fingerprint density at radius 2 is 1.58 bits per heavy atom. The van der Waals surface area contributed by atoms with Crippen LogP contribution in [0, 0.1) is 0 Å². The van der Waals surface area contributed by atoms with E-state index in [4.69, 9.17) is 0 Å². The van der Waals surface area contributed by atoms with Crippen LogP contribution in [0.25, 0.3) is 10.9 Å². The van der Waals surface area contributed by atoms with Crippen molar-refractivity contribution in [3.63, 3.8) is 0 Å². The third kappa shape index (κ3) is 3.05. The maximum absolute atomic E-state index is 4.61. The van der Waals surface area contributed by atoms with Gasteiger partial charge in [0.1, 0.15) is 0 Å². The first-order valence-corrected chi connectivity index (χ1v) is 9.51. The van der Waals surface area contributed by atoms with Crippen LogP contribution in [-0.2, 0) is 0 Å². The molecule has 0 amide bonds. The monoisotopic (exact) mass is 346 g/mol. The maximum atomic E-state index is 4.61. The number of rotatable bonds is 4. The molecular weight excluding hydrogens is 320 g/mol. The second-order valence-electron chi connectivity index (χ2n) is 7.84. The summed E-state index contributed by atoms with van der Waals surface area (Å²) in [5, 5.41) is 1.22. The summed E-state index contributed by atoms with van der Waals surface area (Å²) < 4.78 is 0. The molecule has 1 aliphatic heterocycles. The Balaban J connectivity index is 1.62. The van der Waals surface area contributed by atoms with Gasteiger partial charge >= 0.3 is 0 Å². The Morgan fingerprint density at radius 3 is 2.19 bits per heavy atom. The fourth-order valence-corrected chi connectivity index (χ4v) is 3.44. The van der Waals surface area contributed by atoms with Crippen LogP contribution in [0.5, 0.6) is 0 Å². The minimum absolute atomic E-state index is 0.354. The summed E-state index contributed by atoms with van der Waals surface area (Å²) in [6, 6.07) is 9.24. The molecule has 0 bridgehead atoms. The van der Waals surface area contributed by atoms with Gasteiger partial charge in [-0.3, -0.25) is 4.98 Å². The highest BCUT2D eigenvalue weighted by Crippen LogP contribution is 2.37. The quantitative estimate of drug-likeness (QED) is 0.649. The van der Waals surface area contributed by atoms with Gasteiger partial charge in [0.2, 0.25) is 5.95 Å². The Labute approximate surface area is 155 Å². The Bertz CT molecular complexity index is 915. The SMILES string of the molecule is CC(C)c1cnc(N2CCC2c2ccc3ncc(C(C)C)cc3c2)nc1. The van der Waals surface area contributed by atoms with Gasteiger partial charge < -0.3 is 4.90 Å². The molecule has 0 spiro atoms. The molecule has 0 saturated carbocycles. The molecule has 1 atom stereocenters. The standard InChI is InChI=1S/C22H26N4/c1-14(2)18-10-17-9-16(5-6-20(17)23-11-18)21-7-8-26(21)22-24-12-19(13-25-22)15(3)4/h5-6,9-15,21H,7-8H2,1-4H3. The predicted octanol–water partition coefficient (Wildman–Crippen LogP) is 5.22. The van der Waals surface area contributed by atoms with E-state index in [0.29, 0.717) is 17.9 Å². The van der Waals surface area contributed by atoms with Crippen LogP contribution in [0.1, 0.15) is 68.7 Å². The van der Waals surface area contributed by atoms with Crippen LogP contribution in [0.4, 0.5) is 5.95 Å². The third-order valence-corrected chi connectivity index (χ3v) is 5.38. The molecule has 2 aromatic heterocycles. The van der Waals surface area contributed by atoms with Gasteiger partial charge in [0.25, 0.3) is 0 Å². The summed E-state index contributed by atoms with van der Waals surface area (Å²) in [6.07, 6.45) is 7.05. The highest BCUT2D eigenvalue weighted by Gasteiger charge is 2.31. The topological polar surface area (TPSA) is 41.9 Å². The lowest BCUT2D eigenvalue weighted by molar-refractivity contribution is 0.455. The Hall–Kier alpha value is -2.49. The summed E-state index contributed by atoms with van der Waals surface area (Å²) >= 11 is 0. The second-order valence-corrected chi connectivity index (χ2v) is 7.84. The van der Waals surface area contributed by atoms with Crippen molar-refractivity contribution in [2.75, 3.05) is 11.4 Å². The van der Waals surface area contributed by atoms with Crippen molar-refractivity contribution in [2.45, 2.75) is 52.0 Å². The number of anilines is 1. The molecule has 134 valence electrons. The van der Waals surface area contributed by atoms with Crippen molar-refractivity contribution >= 4 is 16.9 Å². The average molecular weight is 346 g/mol. The largest absolute Gasteiger partial charge is 0.334 e. The zero-order valence-electron chi connectivity index (χ0n) is 16.0. The first-order chi connectivity index (χ1) is 12.5. The Kier molecular flexibility index (Phi) is 4.35. The second kappa shape index (κ2) is 6.67. The van der Waals surface area contributed by atoms with Crippen molar-refractivity contribution in [2.24, 2.45) is 0 Å². The van der Waals surface area contributed by atoms with Gasteiger partial charge in [0, 0.05) is 30.5 Å². The van der Waals surface area contributed by atoms with E-state index in [-0.39, 0.29) is 0 Å². The molecule has 1 fully saturated rings. The molecular formula is C22H26N4. The van der Waals surface area contributed by atoms with E-state index in [0.717, 1.165) is 24.4 Å². The van der Waals surface area contributed by atoms with Gasteiger partial charge in [-0.1, -0.05) is 33.8 Å². The minimum Gasteiger partial charge on any atom is -0.334 e. The molecule has 0 aliphatic carbocycles.